The van der Waals surface area contributed by atoms with E-state index in [0.717, 1.165) is 47.7 Å². The fourth-order valence-electron chi connectivity index (χ4n) is 7.31. The topological polar surface area (TPSA) is 82.1 Å². The van der Waals surface area contributed by atoms with E-state index in [-0.39, 0.29) is 23.9 Å². The summed E-state index contributed by atoms with van der Waals surface area (Å²) < 4.78 is 16.1. The summed E-state index contributed by atoms with van der Waals surface area (Å²) >= 11 is 1.54. The van der Waals surface area contributed by atoms with Gasteiger partial charge in [0.2, 0.25) is 11.8 Å². The molecule has 0 amide bonds. The van der Waals surface area contributed by atoms with Crippen LogP contribution < -0.4 is 14.2 Å². The Hall–Kier alpha value is -3.65. The number of ether oxygens (including phenoxy) is 2. The summed E-state index contributed by atoms with van der Waals surface area (Å²) in [4.78, 5) is 20.7. The molecule has 2 aromatic heterocycles. The minimum atomic E-state index is 0.0772. The van der Waals surface area contributed by atoms with Crippen molar-refractivity contribution in [2.75, 3.05) is 11.3 Å². The monoisotopic (exact) mass is 623 g/mol. The van der Waals surface area contributed by atoms with E-state index in [4.69, 9.17) is 29.4 Å². The number of nitrogens with one attached hydrogen (secondary N) is 1. The Morgan fingerprint density at radius 3 is 2.44 bits per heavy atom. The summed E-state index contributed by atoms with van der Waals surface area (Å²) in [5.41, 5.74) is 5.67. The lowest BCUT2D eigenvalue weighted by Crippen LogP contribution is -2.31. The van der Waals surface area contributed by atoms with Crippen molar-refractivity contribution in [3.63, 3.8) is 0 Å². The molecule has 4 unspecified atom stereocenters. The first-order chi connectivity index (χ1) is 21.7. The molecule has 1 N–H and O–H groups in total. The van der Waals surface area contributed by atoms with Crippen molar-refractivity contribution in [1.82, 2.24) is 19.9 Å². The van der Waals surface area contributed by atoms with Crippen LogP contribution in [0.2, 0.25) is 0 Å². The van der Waals surface area contributed by atoms with Crippen LogP contribution in [0.25, 0.3) is 11.3 Å². The van der Waals surface area contributed by atoms with E-state index >= 15 is 0 Å². The largest absolute Gasteiger partial charge is 0.488 e. The Kier molecular flexibility index (Phi) is 9.59. The van der Waals surface area contributed by atoms with Gasteiger partial charge in [0.15, 0.2) is 5.75 Å². The summed E-state index contributed by atoms with van der Waals surface area (Å²) in [5, 5.41) is 0. The van der Waals surface area contributed by atoms with Crippen LogP contribution in [0.3, 0.4) is 0 Å². The Balaban J connectivity index is 1.44. The molecule has 4 aromatic rings. The number of anilines is 1. The molecule has 8 heteroatoms. The van der Waals surface area contributed by atoms with Gasteiger partial charge in [0, 0.05) is 34.3 Å². The van der Waals surface area contributed by atoms with Gasteiger partial charge >= 0.3 is 0 Å². The molecule has 45 heavy (non-hydrogen) atoms. The fourth-order valence-corrected chi connectivity index (χ4v) is 7.95. The molecule has 1 saturated carbocycles. The second-order valence-corrected chi connectivity index (χ2v) is 14.2. The Morgan fingerprint density at radius 2 is 1.71 bits per heavy atom. The zero-order valence-corrected chi connectivity index (χ0v) is 28.1. The van der Waals surface area contributed by atoms with Gasteiger partial charge in [-0.15, -0.1) is 0 Å². The van der Waals surface area contributed by atoms with Crippen molar-refractivity contribution >= 4 is 17.9 Å². The zero-order valence-electron chi connectivity index (χ0n) is 27.3. The SMILES string of the molecule is Cc1cccc(C)c1-c1cc2nc(n1)NSc1cccc(c1)C1C(c3ncc(OC(C)C)cn3)CCCC(CC(C)C)C1CO2. The average molecular weight is 624 g/mol. The van der Waals surface area contributed by atoms with Gasteiger partial charge < -0.3 is 9.47 Å². The maximum atomic E-state index is 6.76. The number of hydrogen-bond donors (Lipinski definition) is 1. The zero-order chi connectivity index (χ0) is 31.5. The number of aromatic nitrogens is 4. The minimum absolute atomic E-state index is 0.0772. The number of benzene rings is 2. The smallest absolute Gasteiger partial charge is 0.237 e. The van der Waals surface area contributed by atoms with Gasteiger partial charge in [0.25, 0.3) is 0 Å². The second kappa shape index (κ2) is 13.8. The Morgan fingerprint density at radius 1 is 0.956 bits per heavy atom. The highest BCUT2D eigenvalue weighted by atomic mass is 32.2. The first-order valence-corrected chi connectivity index (χ1v) is 17.2. The molecule has 3 heterocycles. The molecular weight excluding hydrogens is 579 g/mol. The molecule has 4 bridgehead atoms. The third-order valence-corrected chi connectivity index (χ3v) is 9.86. The molecule has 2 aliphatic rings. The normalized spacial score (nSPS) is 21.5. The first-order valence-electron chi connectivity index (χ1n) is 16.3. The highest BCUT2D eigenvalue weighted by Gasteiger charge is 2.41. The van der Waals surface area contributed by atoms with Gasteiger partial charge in [-0.2, -0.15) is 4.98 Å². The Bertz CT molecular complexity index is 1590. The van der Waals surface area contributed by atoms with Gasteiger partial charge in [-0.25, -0.2) is 15.0 Å². The van der Waals surface area contributed by atoms with E-state index in [9.17, 15) is 0 Å². The van der Waals surface area contributed by atoms with Gasteiger partial charge in [-0.1, -0.05) is 57.0 Å². The number of nitrogens with zero attached hydrogens (tertiary/aromatic N) is 4. The molecule has 1 aliphatic carbocycles. The van der Waals surface area contributed by atoms with Gasteiger partial charge in [0.05, 0.1) is 30.8 Å². The molecule has 0 radical (unpaired) electrons. The third-order valence-electron chi connectivity index (χ3n) is 9.08. The highest BCUT2D eigenvalue weighted by Crippen LogP contribution is 2.49. The lowest BCUT2D eigenvalue weighted by atomic mass is 9.70. The molecule has 0 saturated heterocycles. The minimum Gasteiger partial charge on any atom is -0.488 e. The van der Waals surface area contributed by atoms with E-state index in [1.165, 1.54) is 16.7 Å². The molecule has 1 fully saturated rings. The molecule has 6 rings (SSSR count). The van der Waals surface area contributed by atoms with Crippen molar-refractivity contribution in [2.24, 2.45) is 17.8 Å². The van der Waals surface area contributed by atoms with Crippen molar-refractivity contribution in [3.05, 3.63) is 83.4 Å². The predicted molar refractivity (Wildman–Crippen MR) is 182 cm³/mol. The van der Waals surface area contributed by atoms with Gasteiger partial charge in [0.1, 0.15) is 5.82 Å². The molecule has 2 aromatic carbocycles. The van der Waals surface area contributed by atoms with E-state index in [0.29, 0.717) is 36.0 Å². The Labute approximate surface area is 272 Å². The molecule has 7 nitrogen and oxygen atoms in total. The molecule has 4 atom stereocenters. The summed E-state index contributed by atoms with van der Waals surface area (Å²) in [5.74, 6) is 4.43. The van der Waals surface area contributed by atoms with Crippen LogP contribution >= 0.6 is 11.9 Å². The van der Waals surface area contributed by atoms with Crippen LogP contribution in [-0.2, 0) is 0 Å². The number of aryl methyl sites for hydroxylation is 2. The van der Waals surface area contributed by atoms with E-state index in [1.54, 1.807) is 11.9 Å². The van der Waals surface area contributed by atoms with Crippen molar-refractivity contribution in [3.8, 4) is 22.9 Å². The quantitative estimate of drug-likeness (QED) is 0.213. The van der Waals surface area contributed by atoms with Crippen LogP contribution in [0.5, 0.6) is 11.6 Å². The van der Waals surface area contributed by atoms with E-state index in [2.05, 4.69) is 74.9 Å². The van der Waals surface area contributed by atoms with Gasteiger partial charge in [-0.05, 0) is 93.1 Å². The molecular formula is C37H45N5O2S. The average Bonchev–Trinajstić information content (AvgIpc) is 3.17. The summed E-state index contributed by atoms with van der Waals surface area (Å²) in [6, 6.07) is 17.3. The predicted octanol–water partition coefficient (Wildman–Crippen LogP) is 9.18. The van der Waals surface area contributed by atoms with Crippen LogP contribution in [0.1, 0.15) is 87.7 Å². The van der Waals surface area contributed by atoms with E-state index < -0.39 is 0 Å². The standard InChI is InChI=1S/C37H45N5O2S/c1-22(2)16-26-12-9-15-30(36-38-19-28(20-39-36)44-23(3)4)35-27-13-8-14-29(17-27)45-42-37-40-32(18-33(41-37)43-21-31(26)35)34-24(5)10-7-11-25(34)6/h7-8,10-11,13-14,17-20,22-23,26,30-31,35H,9,12,15-16,21H2,1-6H3,(H,40,41,42). The highest BCUT2D eigenvalue weighted by molar-refractivity contribution is 8.00. The summed E-state index contributed by atoms with van der Waals surface area (Å²) in [7, 11) is 0. The van der Waals surface area contributed by atoms with Gasteiger partial charge in [-0.3, -0.25) is 4.72 Å². The summed E-state index contributed by atoms with van der Waals surface area (Å²) in [6.07, 6.45) is 8.23. The lowest BCUT2D eigenvalue weighted by molar-refractivity contribution is 0.141. The summed E-state index contributed by atoms with van der Waals surface area (Å²) in [6.45, 7) is 13.5. The molecule has 0 spiro atoms. The number of hydrogen-bond acceptors (Lipinski definition) is 8. The number of rotatable bonds is 6. The second-order valence-electron chi connectivity index (χ2n) is 13.3. The third kappa shape index (κ3) is 7.27. The van der Waals surface area contributed by atoms with Crippen LogP contribution in [0, 0.1) is 31.6 Å². The van der Waals surface area contributed by atoms with Crippen molar-refractivity contribution in [1.29, 1.82) is 0 Å². The maximum absolute atomic E-state index is 6.76. The number of fused-ring (bicyclic) bond motifs is 6. The first kappa shape index (κ1) is 31.3. The van der Waals surface area contributed by atoms with Crippen molar-refractivity contribution < 1.29 is 9.47 Å². The fraction of sp³-hybridized carbons (Fsp3) is 0.459. The maximum Gasteiger partial charge on any atom is 0.237 e. The van der Waals surface area contributed by atoms with Crippen LogP contribution in [-0.4, -0.2) is 32.6 Å². The lowest BCUT2D eigenvalue weighted by Gasteiger charge is -2.36. The molecule has 236 valence electrons. The molecule has 1 aliphatic heterocycles. The van der Waals surface area contributed by atoms with Crippen LogP contribution in [0.4, 0.5) is 5.95 Å². The van der Waals surface area contributed by atoms with E-state index in [1.807, 2.05) is 32.3 Å². The van der Waals surface area contributed by atoms with Crippen molar-refractivity contribution in [2.45, 2.75) is 90.1 Å². The van der Waals surface area contributed by atoms with Crippen LogP contribution in [0.15, 0.2) is 65.8 Å².